The van der Waals surface area contributed by atoms with Crippen molar-refractivity contribution in [1.29, 1.82) is 0 Å². The molecule has 1 aliphatic rings. The Morgan fingerprint density at radius 1 is 1.38 bits per heavy atom. The summed E-state index contributed by atoms with van der Waals surface area (Å²) in [6.07, 6.45) is 6.38. The Kier molecular flexibility index (Phi) is 3.96. The maximum atomic E-state index is 12.3. The summed E-state index contributed by atoms with van der Waals surface area (Å²) in [5.41, 5.74) is 1.35. The van der Waals surface area contributed by atoms with E-state index in [0.29, 0.717) is 18.1 Å². The Morgan fingerprint density at radius 2 is 2.19 bits per heavy atom. The Labute approximate surface area is 122 Å². The van der Waals surface area contributed by atoms with Gasteiger partial charge >= 0.3 is 0 Å². The highest BCUT2D eigenvalue weighted by Crippen LogP contribution is 2.28. The van der Waals surface area contributed by atoms with Crippen molar-refractivity contribution in [2.45, 2.75) is 31.9 Å². The SMILES string of the molecule is Cc1ocnc1C(=O)N[C@H]1CCCO[C@@H]1c1ccncc1. The molecule has 6 heteroatoms. The minimum absolute atomic E-state index is 0.0789. The number of ether oxygens (including phenoxy) is 1. The summed E-state index contributed by atoms with van der Waals surface area (Å²) in [6.45, 7) is 2.42. The van der Waals surface area contributed by atoms with Gasteiger partial charge in [-0.2, -0.15) is 0 Å². The predicted molar refractivity (Wildman–Crippen MR) is 74.7 cm³/mol. The van der Waals surface area contributed by atoms with Gasteiger partial charge in [-0.05, 0) is 37.5 Å². The first-order valence-electron chi connectivity index (χ1n) is 6.98. The van der Waals surface area contributed by atoms with Crippen LogP contribution in [0.5, 0.6) is 0 Å². The summed E-state index contributed by atoms with van der Waals surface area (Å²) < 4.78 is 10.9. The molecule has 0 aliphatic carbocycles. The molecule has 2 aromatic rings. The Hall–Kier alpha value is -2.21. The van der Waals surface area contributed by atoms with Crippen molar-refractivity contribution in [3.8, 4) is 0 Å². The quantitative estimate of drug-likeness (QED) is 0.934. The minimum Gasteiger partial charge on any atom is -0.448 e. The number of nitrogens with zero attached hydrogens (tertiary/aromatic N) is 2. The normalized spacial score (nSPS) is 22.0. The predicted octanol–water partition coefficient (Wildman–Crippen LogP) is 2.03. The van der Waals surface area contributed by atoms with Crippen molar-refractivity contribution in [1.82, 2.24) is 15.3 Å². The van der Waals surface area contributed by atoms with E-state index in [4.69, 9.17) is 9.15 Å². The lowest BCUT2D eigenvalue weighted by Gasteiger charge is -2.32. The van der Waals surface area contributed by atoms with Gasteiger partial charge in [0.05, 0.1) is 6.04 Å². The van der Waals surface area contributed by atoms with Crippen LogP contribution in [0.15, 0.2) is 35.3 Å². The van der Waals surface area contributed by atoms with E-state index in [0.717, 1.165) is 18.4 Å². The molecular formula is C15H17N3O3. The number of nitrogens with one attached hydrogen (secondary N) is 1. The van der Waals surface area contributed by atoms with Crippen LogP contribution in [-0.2, 0) is 4.74 Å². The fourth-order valence-electron chi connectivity index (χ4n) is 2.57. The van der Waals surface area contributed by atoms with Gasteiger partial charge in [0.15, 0.2) is 12.1 Å². The summed E-state index contributed by atoms with van der Waals surface area (Å²) in [5, 5.41) is 3.00. The molecule has 0 spiro atoms. The zero-order valence-electron chi connectivity index (χ0n) is 11.8. The molecule has 0 saturated carbocycles. The van der Waals surface area contributed by atoms with Crippen LogP contribution in [0.25, 0.3) is 0 Å². The highest BCUT2D eigenvalue weighted by Gasteiger charge is 2.30. The number of carbonyl (C=O) groups excluding carboxylic acids is 1. The van der Waals surface area contributed by atoms with Gasteiger partial charge in [0.2, 0.25) is 0 Å². The third kappa shape index (κ3) is 2.95. The zero-order valence-corrected chi connectivity index (χ0v) is 11.8. The van der Waals surface area contributed by atoms with Crippen molar-refractivity contribution < 1.29 is 13.9 Å². The lowest BCUT2D eigenvalue weighted by Crippen LogP contribution is -2.43. The summed E-state index contributed by atoms with van der Waals surface area (Å²) >= 11 is 0. The minimum atomic E-state index is -0.226. The largest absolute Gasteiger partial charge is 0.448 e. The maximum Gasteiger partial charge on any atom is 0.273 e. The third-order valence-electron chi connectivity index (χ3n) is 3.63. The van der Waals surface area contributed by atoms with E-state index in [1.165, 1.54) is 6.39 Å². The number of pyridine rings is 1. The van der Waals surface area contributed by atoms with Gasteiger partial charge in [0.25, 0.3) is 5.91 Å². The van der Waals surface area contributed by atoms with Gasteiger partial charge in [-0.1, -0.05) is 0 Å². The Bertz CT molecular complexity index is 612. The van der Waals surface area contributed by atoms with E-state index >= 15 is 0 Å². The van der Waals surface area contributed by atoms with Crippen LogP contribution >= 0.6 is 0 Å². The second-order valence-electron chi connectivity index (χ2n) is 5.05. The molecule has 1 saturated heterocycles. The molecule has 3 heterocycles. The lowest BCUT2D eigenvalue weighted by atomic mass is 9.96. The summed E-state index contributed by atoms with van der Waals surface area (Å²) in [7, 11) is 0. The van der Waals surface area contributed by atoms with Gasteiger partial charge in [0.1, 0.15) is 11.9 Å². The number of oxazole rings is 1. The van der Waals surface area contributed by atoms with Crippen molar-refractivity contribution in [2.24, 2.45) is 0 Å². The molecule has 0 bridgehead atoms. The first-order chi connectivity index (χ1) is 10.3. The number of aryl methyl sites for hydroxylation is 1. The molecule has 2 aromatic heterocycles. The third-order valence-corrected chi connectivity index (χ3v) is 3.63. The molecule has 0 aromatic carbocycles. The molecule has 1 N–H and O–H groups in total. The van der Waals surface area contributed by atoms with E-state index in [1.807, 2.05) is 12.1 Å². The van der Waals surface area contributed by atoms with Crippen LogP contribution in [0.3, 0.4) is 0 Å². The topological polar surface area (TPSA) is 77.2 Å². The molecule has 110 valence electrons. The first-order valence-corrected chi connectivity index (χ1v) is 6.98. The van der Waals surface area contributed by atoms with E-state index in [2.05, 4.69) is 15.3 Å². The Balaban J connectivity index is 1.76. The first kappa shape index (κ1) is 13.8. The number of carbonyl (C=O) groups is 1. The Morgan fingerprint density at radius 3 is 2.90 bits per heavy atom. The second-order valence-corrected chi connectivity index (χ2v) is 5.05. The number of rotatable bonds is 3. The van der Waals surface area contributed by atoms with Gasteiger partial charge < -0.3 is 14.5 Å². The molecule has 6 nitrogen and oxygen atoms in total. The molecule has 1 fully saturated rings. The number of aromatic nitrogens is 2. The van der Waals surface area contributed by atoms with E-state index in [9.17, 15) is 4.79 Å². The van der Waals surface area contributed by atoms with Crippen LogP contribution in [-0.4, -0.2) is 28.5 Å². The monoisotopic (exact) mass is 287 g/mol. The number of amides is 1. The van der Waals surface area contributed by atoms with Gasteiger partial charge in [-0.15, -0.1) is 0 Å². The second kappa shape index (κ2) is 6.05. The molecule has 21 heavy (non-hydrogen) atoms. The van der Waals surface area contributed by atoms with Gasteiger partial charge in [0, 0.05) is 19.0 Å². The molecule has 0 radical (unpaired) electrons. The maximum absolute atomic E-state index is 12.3. The highest BCUT2D eigenvalue weighted by molar-refractivity contribution is 5.93. The van der Waals surface area contributed by atoms with Crippen LogP contribution in [0.4, 0.5) is 0 Å². The van der Waals surface area contributed by atoms with Gasteiger partial charge in [-0.25, -0.2) is 4.98 Å². The smallest absolute Gasteiger partial charge is 0.273 e. The molecular weight excluding hydrogens is 270 g/mol. The fraction of sp³-hybridized carbons (Fsp3) is 0.400. The average Bonchev–Trinajstić information content (AvgIpc) is 2.95. The zero-order chi connectivity index (χ0) is 14.7. The van der Waals surface area contributed by atoms with Crippen molar-refractivity contribution in [3.63, 3.8) is 0 Å². The molecule has 2 atom stereocenters. The lowest BCUT2D eigenvalue weighted by molar-refractivity contribution is -0.00956. The highest BCUT2D eigenvalue weighted by atomic mass is 16.5. The van der Waals surface area contributed by atoms with E-state index < -0.39 is 0 Å². The molecule has 0 unspecified atom stereocenters. The average molecular weight is 287 g/mol. The molecule has 1 amide bonds. The van der Waals surface area contributed by atoms with Crippen LogP contribution in [0, 0.1) is 6.92 Å². The van der Waals surface area contributed by atoms with Crippen molar-refractivity contribution >= 4 is 5.91 Å². The van der Waals surface area contributed by atoms with E-state index in [-0.39, 0.29) is 18.1 Å². The van der Waals surface area contributed by atoms with Crippen LogP contribution < -0.4 is 5.32 Å². The van der Waals surface area contributed by atoms with Gasteiger partial charge in [-0.3, -0.25) is 9.78 Å². The number of hydrogen-bond donors (Lipinski definition) is 1. The summed E-state index contributed by atoms with van der Waals surface area (Å²) in [5.74, 6) is 0.292. The van der Waals surface area contributed by atoms with Crippen molar-refractivity contribution in [2.75, 3.05) is 6.61 Å². The standard InChI is InChI=1S/C15H17N3O3/c1-10-13(17-9-21-10)15(19)18-12-3-2-8-20-14(12)11-4-6-16-7-5-11/h4-7,9,12,14H,2-3,8H2,1H3,(H,18,19)/t12-,14+/m0/s1. The number of hydrogen-bond acceptors (Lipinski definition) is 5. The summed E-state index contributed by atoms with van der Waals surface area (Å²) in [4.78, 5) is 20.2. The van der Waals surface area contributed by atoms with E-state index in [1.54, 1.807) is 19.3 Å². The van der Waals surface area contributed by atoms with Crippen LogP contribution in [0.2, 0.25) is 0 Å². The fourth-order valence-corrected chi connectivity index (χ4v) is 2.57. The van der Waals surface area contributed by atoms with Crippen molar-refractivity contribution in [3.05, 3.63) is 47.9 Å². The van der Waals surface area contributed by atoms with Crippen LogP contribution in [0.1, 0.15) is 40.8 Å². The molecule has 1 aliphatic heterocycles. The summed E-state index contributed by atoms with van der Waals surface area (Å²) in [6, 6.07) is 3.75. The molecule has 3 rings (SSSR count).